The van der Waals surface area contributed by atoms with E-state index in [0.29, 0.717) is 13.2 Å². The van der Waals surface area contributed by atoms with Crippen molar-refractivity contribution in [1.29, 1.82) is 0 Å². The first-order chi connectivity index (χ1) is 7.54. The number of rotatable bonds is 5. The summed E-state index contributed by atoms with van der Waals surface area (Å²) in [4.78, 5) is 12.2. The van der Waals surface area contributed by atoms with Crippen LogP contribution < -0.4 is 11.1 Å². The van der Waals surface area contributed by atoms with Gasteiger partial charge in [0.25, 0.3) is 0 Å². The van der Waals surface area contributed by atoms with E-state index in [1.165, 1.54) is 0 Å². The average molecular weight is 228 g/mol. The Morgan fingerprint density at radius 3 is 2.75 bits per heavy atom. The molecule has 3 atom stereocenters. The van der Waals surface area contributed by atoms with E-state index in [9.17, 15) is 4.79 Å². The summed E-state index contributed by atoms with van der Waals surface area (Å²) in [5.74, 6) is 0.0396. The van der Waals surface area contributed by atoms with Crippen LogP contribution in [0.3, 0.4) is 0 Å². The van der Waals surface area contributed by atoms with Crippen LogP contribution in [0.5, 0.6) is 0 Å². The highest BCUT2D eigenvalue weighted by Gasteiger charge is 2.44. The number of amides is 1. The second-order valence-corrected chi connectivity index (χ2v) is 4.91. The highest BCUT2D eigenvalue weighted by molar-refractivity contribution is 5.83. The number of nitrogens with one attached hydrogen (secondary N) is 1. The molecule has 1 amide bonds. The number of carbonyl (C=O) groups excluding carboxylic acids is 1. The zero-order chi connectivity index (χ0) is 12.2. The van der Waals surface area contributed by atoms with Gasteiger partial charge in [-0.05, 0) is 19.8 Å². The van der Waals surface area contributed by atoms with E-state index in [1.807, 2.05) is 6.92 Å². The third-order valence-electron chi connectivity index (χ3n) is 3.50. The zero-order valence-electron chi connectivity index (χ0n) is 10.6. The summed E-state index contributed by atoms with van der Waals surface area (Å²) in [5.41, 5.74) is 5.37. The molecule has 0 aromatic carbocycles. The standard InChI is InChI=1S/C12H24N2O2/c1-4-6-9(5-2)14-11(15)12(3)8-16-7-10(12)13/h9-10H,4-8,13H2,1-3H3,(H,14,15). The minimum atomic E-state index is -0.554. The van der Waals surface area contributed by atoms with Gasteiger partial charge < -0.3 is 15.8 Å². The lowest BCUT2D eigenvalue weighted by Crippen LogP contribution is -2.52. The highest BCUT2D eigenvalue weighted by Crippen LogP contribution is 2.27. The molecule has 0 aromatic rings. The largest absolute Gasteiger partial charge is 0.379 e. The lowest BCUT2D eigenvalue weighted by molar-refractivity contribution is -0.131. The van der Waals surface area contributed by atoms with E-state index in [4.69, 9.17) is 10.5 Å². The maximum atomic E-state index is 12.2. The minimum absolute atomic E-state index is 0.0396. The molecule has 0 spiro atoms. The van der Waals surface area contributed by atoms with E-state index >= 15 is 0 Å². The molecule has 3 N–H and O–H groups in total. The summed E-state index contributed by atoms with van der Waals surface area (Å²) in [7, 11) is 0. The molecular weight excluding hydrogens is 204 g/mol. The SMILES string of the molecule is CCCC(CC)NC(=O)C1(C)COCC1N. The Morgan fingerprint density at radius 2 is 2.31 bits per heavy atom. The smallest absolute Gasteiger partial charge is 0.230 e. The van der Waals surface area contributed by atoms with Crippen LogP contribution in [0.4, 0.5) is 0 Å². The number of hydrogen-bond donors (Lipinski definition) is 2. The Hall–Kier alpha value is -0.610. The Labute approximate surface area is 97.9 Å². The van der Waals surface area contributed by atoms with Crippen molar-refractivity contribution in [3.8, 4) is 0 Å². The molecule has 0 bridgehead atoms. The first kappa shape index (κ1) is 13.5. The fourth-order valence-corrected chi connectivity index (χ4v) is 2.00. The maximum absolute atomic E-state index is 12.2. The number of hydrogen-bond acceptors (Lipinski definition) is 3. The molecule has 4 nitrogen and oxygen atoms in total. The van der Waals surface area contributed by atoms with Crippen molar-refractivity contribution >= 4 is 5.91 Å². The van der Waals surface area contributed by atoms with Gasteiger partial charge in [-0.25, -0.2) is 0 Å². The van der Waals surface area contributed by atoms with Crippen molar-refractivity contribution in [1.82, 2.24) is 5.32 Å². The van der Waals surface area contributed by atoms with E-state index in [1.54, 1.807) is 0 Å². The van der Waals surface area contributed by atoms with Crippen LogP contribution in [0.25, 0.3) is 0 Å². The van der Waals surface area contributed by atoms with Crippen molar-refractivity contribution in [2.75, 3.05) is 13.2 Å². The van der Waals surface area contributed by atoms with Crippen molar-refractivity contribution in [2.45, 2.75) is 52.1 Å². The molecule has 0 saturated carbocycles. The second kappa shape index (κ2) is 5.64. The van der Waals surface area contributed by atoms with Crippen LogP contribution >= 0.6 is 0 Å². The Morgan fingerprint density at radius 1 is 1.62 bits per heavy atom. The molecule has 1 aliphatic rings. The van der Waals surface area contributed by atoms with Gasteiger partial charge in [0, 0.05) is 12.1 Å². The lowest BCUT2D eigenvalue weighted by atomic mass is 9.84. The molecule has 0 aliphatic carbocycles. The molecule has 1 rings (SSSR count). The molecule has 4 heteroatoms. The van der Waals surface area contributed by atoms with Gasteiger partial charge in [0.1, 0.15) is 0 Å². The van der Waals surface area contributed by atoms with E-state index in [2.05, 4.69) is 19.2 Å². The molecule has 0 radical (unpaired) electrons. The normalized spacial score (nSPS) is 31.4. The van der Waals surface area contributed by atoms with Gasteiger partial charge in [0.15, 0.2) is 0 Å². The minimum Gasteiger partial charge on any atom is -0.379 e. The van der Waals surface area contributed by atoms with Crippen molar-refractivity contribution in [3.63, 3.8) is 0 Å². The van der Waals surface area contributed by atoms with Gasteiger partial charge in [-0.15, -0.1) is 0 Å². The summed E-state index contributed by atoms with van der Waals surface area (Å²) in [6, 6.07) is 0.0776. The van der Waals surface area contributed by atoms with E-state index in [-0.39, 0.29) is 18.0 Å². The second-order valence-electron chi connectivity index (χ2n) is 4.91. The van der Waals surface area contributed by atoms with Crippen LogP contribution in [0.1, 0.15) is 40.0 Å². The van der Waals surface area contributed by atoms with Gasteiger partial charge >= 0.3 is 0 Å². The van der Waals surface area contributed by atoms with Crippen LogP contribution in [0, 0.1) is 5.41 Å². The predicted octanol–water partition coefficient (Wildman–Crippen LogP) is 1.05. The molecule has 1 heterocycles. The van der Waals surface area contributed by atoms with Crippen LogP contribution in [0.15, 0.2) is 0 Å². The third kappa shape index (κ3) is 2.74. The predicted molar refractivity (Wildman–Crippen MR) is 64.0 cm³/mol. The molecule has 1 aliphatic heterocycles. The number of carbonyl (C=O) groups is 1. The summed E-state index contributed by atoms with van der Waals surface area (Å²) < 4.78 is 5.28. The molecule has 1 fully saturated rings. The molecule has 3 unspecified atom stereocenters. The van der Waals surface area contributed by atoms with Gasteiger partial charge in [-0.3, -0.25) is 4.79 Å². The van der Waals surface area contributed by atoms with Crippen LogP contribution in [-0.4, -0.2) is 31.2 Å². The summed E-state index contributed by atoms with van der Waals surface area (Å²) in [6.45, 7) is 7.02. The van der Waals surface area contributed by atoms with Crippen LogP contribution in [0.2, 0.25) is 0 Å². The topological polar surface area (TPSA) is 64.3 Å². The van der Waals surface area contributed by atoms with Crippen molar-refractivity contribution in [3.05, 3.63) is 0 Å². The molecular formula is C12H24N2O2. The molecule has 94 valence electrons. The average Bonchev–Trinajstić information content (AvgIpc) is 2.60. The summed E-state index contributed by atoms with van der Waals surface area (Å²) in [5, 5.41) is 3.08. The Kier molecular flexibility index (Phi) is 4.74. The van der Waals surface area contributed by atoms with Crippen molar-refractivity contribution in [2.24, 2.45) is 11.1 Å². The number of ether oxygens (including phenoxy) is 1. The molecule has 1 saturated heterocycles. The summed E-state index contributed by atoms with van der Waals surface area (Å²) in [6.07, 6.45) is 3.07. The fraction of sp³-hybridized carbons (Fsp3) is 0.917. The third-order valence-corrected chi connectivity index (χ3v) is 3.50. The molecule has 0 aromatic heterocycles. The quantitative estimate of drug-likeness (QED) is 0.739. The fourth-order valence-electron chi connectivity index (χ4n) is 2.00. The summed E-state index contributed by atoms with van der Waals surface area (Å²) >= 11 is 0. The van der Waals surface area contributed by atoms with E-state index < -0.39 is 5.41 Å². The zero-order valence-corrected chi connectivity index (χ0v) is 10.6. The van der Waals surface area contributed by atoms with Gasteiger partial charge in [0.2, 0.25) is 5.91 Å². The van der Waals surface area contributed by atoms with Gasteiger partial charge in [-0.1, -0.05) is 20.3 Å². The maximum Gasteiger partial charge on any atom is 0.230 e. The van der Waals surface area contributed by atoms with E-state index in [0.717, 1.165) is 19.3 Å². The first-order valence-electron chi connectivity index (χ1n) is 6.18. The Balaban J connectivity index is 2.56. The highest BCUT2D eigenvalue weighted by atomic mass is 16.5. The first-order valence-corrected chi connectivity index (χ1v) is 6.18. The van der Waals surface area contributed by atoms with Gasteiger partial charge in [0.05, 0.1) is 18.6 Å². The van der Waals surface area contributed by atoms with Gasteiger partial charge in [-0.2, -0.15) is 0 Å². The van der Waals surface area contributed by atoms with Crippen LogP contribution in [-0.2, 0) is 9.53 Å². The van der Waals surface area contributed by atoms with Crippen molar-refractivity contribution < 1.29 is 9.53 Å². The monoisotopic (exact) mass is 228 g/mol. The molecule has 16 heavy (non-hydrogen) atoms. The lowest BCUT2D eigenvalue weighted by Gasteiger charge is -2.28. The Bertz CT molecular complexity index is 245. The number of nitrogens with two attached hydrogens (primary N) is 1.